The van der Waals surface area contributed by atoms with Crippen molar-refractivity contribution in [2.75, 3.05) is 0 Å². The van der Waals surface area contributed by atoms with Crippen molar-refractivity contribution in [1.82, 2.24) is 0 Å². The molecule has 1 aromatic carbocycles. The van der Waals surface area contributed by atoms with E-state index in [9.17, 15) is 0 Å². The van der Waals surface area contributed by atoms with E-state index in [0.29, 0.717) is 5.84 Å². The smallest absolute Gasteiger partial charge is 0.0965 e. The van der Waals surface area contributed by atoms with Gasteiger partial charge in [-0.1, -0.05) is 6.07 Å². The molecule has 2 nitrogen and oxygen atoms in total. The minimum atomic E-state index is 0.550. The van der Waals surface area contributed by atoms with Crippen LogP contribution < -0.4 is 5.73 Å². The predicted octanol–water partition coefficient (Wildman–Crippen LogP) is 3.22. The molecule has 12 heavy (non-hydrogen) atoms. The van der Waals surface area contributed by atoms with Crippen LogP contribution in [-0.4, -0.2) is 5.84 Å². The van der Waals surface area contributed by atoms with Crippen LogP contribution in [0.1, 0.15) is 6.92 Å². The van der Waals surface area contributed by atoms with Crippen LogP contribution in [0.5, 0.6) is 0 Å². The van der Waals surface area contributed by atoms with Gasteiger partial charge < -0.3 is 5.73 Å². The van der Waals surface area contributed by atoms with Crippen LogP contribution in [0.15, 0.2) is 32.1 Å². The molecule has 64 valence electrons. The Hall–Kier alpha value is -0.350. The maximum atomic E-state index is 5.46. The maximum Gasteiger partial charge on any atom is 0.0965 e. The van der Waals surface area contributed by atoms with E-state index in [1.54, 1.807) is 6.92 Å². The first-order chi connectivity index (χ1) is 5.61. The Morgan fingerprint density at radius 3 is 2.67 bits per heavy atom. The van der Waals surface area contributed by atoms with Gasteiger partial charge in [0.15, 0.2) is 0 Å². The molecule has 1 aromatic rings. The van der Waals surface area contributed by atoms with E-state index in [0.717, 1.165) is 14.6 Å². The van der Waals surface area contributed by atoms with Gasteiger partial charge in [-0.25, -0.2) is 4.99 Å². The van der Waals surface area contributed by atoms with Gasteiger partial charge in [-0.3, -0.25) is 0 Å². The highest BCUT2D eigenvalue weighted by Gasteiger charge is 2.00. The Morgan fingerprint density at radius 2 is 2.08 bits per heavy atom. The van der Waals surface area contributed by atoms with E-state index in [1.165, 1.54) is 0 Å². The molecule has 4 heteroatoms. The molecule has 0 heterocycles. The van der Waals surface area contributed by atoms with Gasteiger partial charge in [0.1, 0.15) is 0 Å². The van der Waals surface area contributed by atoms with Crippen molar-refractivity contribution in [2.24, 2.45) is 10.7 Å². The van der Waals surface area contributed by atoms with Gasteiger partial charge in [-0.05, 0) is 50.9 Å². The molecule has 0 saturated heterocycles. The summed E-state index contributed by atoms with van der Waals surface area (Å²) >= 11 is 6.78. The largest absolute Gasteiger partial charge is 0.387 e. The molecule has 0 atom stereocenters. The molecule has 0 unspecified atom stereocenters. The summed E-state index contributed by atoms with van der Waals surface area (Å²) in [6.45, 7) is 1.76. The normalized spacial score (nSPS) is 11.8. The number of aliphatic imine (C=N–C) groups is 1. The lowest BCUT2D eigenvalue weighted by molar-refractivity contribution is 1.42. The summed E-state index contributed by atoms with van der Waals surface area (Å²) in [5, 5.41) is 0. The lowest BCUT2D eigenvalue weighted by Crippen LogP contribution is -2.03. The van der Waals surface area contributed by atoms with Crippen molar-refractivity contribution >= 4 is 43.4 Å². The summed E-state index contributed by atoms with van der Waals surface area (Å²) in [7, 11) is 0. The topological polar surface area (TPSA) is 38.4 Å². The fraction of sp³-hybridized carbons (Fsp3) is 0.125. The zero-order valence-electron chi connectivity index (χ0n) is 6.51. The third-order valence-electron chi connectivity index (χ3n) is 1.23. The van der Waals surface area contributed by atoms with E-state index in [1.807, 2.05) is 18.2 Å². The minimum absolute atomic E-state index is 0.550. The number of halogens is 2. The Labute approximate surface area is 88.1 Å². The van der Waals surface area contributed by atoms with Gasteiger partial charge in [0.25, 0.3) is 0 Å². The number of amidine groups is 1. The van der Waals surface area contributed by atoms with Gasteiger partial charge in [0.05, 0.1) is 16.0 Å². The lowest BCUT2D eigenvalue weighted by Gasteiger charge is -2.00. The van der Waals surface area contributed by atoms with Gasteiger partial charge in [0.2, 0.25) is 0 Å². The molecule has 0 radical (unpaired) electrons. The van der Waals surface area contributed by atoms with Crippen molar-refractivity contribution in [3.05, 3.63) is 27.1 Å². The summed E-state index contributed by atoms with van der Waals surface area (Å²) in [6.07, 6.45) is 0. The third-order valence-corrected chi connectivity index (χ3v) is 3.25. The molecule has 0 aromatic heterocycles. The summed E-state index contributed by atoms with van der Waals surface area (Å²) in [6, 6.07) is 5.75. The second-order valence-electron chi connectivity index (χ2n) is 2.33. The highest BCUT2D eigenvalue weighted by molar-refractivity contribution is 9.13. The molecule has 0 fully saturated rings. The quantitative estimate of drug-likeness (QED) is 0.626. The summed E-state index contributed by atoms with van der Waals surface area (Å²) in [5.74, 6) is 0.550. The van der Waals surface area contributed by atoms with Crippen LogP contribution in [-0.2, 0) is 0 Å². The second-order valence-corrected chi connectivity index (χ2v) is 3.97. The van der Waals surface area contributed by atoms with Crippen LogP contribution in [0, 0.1) is 0 Å². The van der Waals surface area contributed by atoms with E-state index < -0.39 is 0 Å². The van der Waals surface area contributed by atoms with Crippen molar-refractivity contribution in [2.45, 2.75) is 6.92 Å². The van der Waals surface area contributed by atoms with Crippen LogP contribution in [0.3, 0.4) is 0 Å². The SMILES string of the molecule is CC(N)=Nc1cccc(Br)c1Br. The van der Waals surface area contributed by atoms with Crippen molar-refractivity contribution in [1.29, 1.82) is 0 Å². The summed E-state index contributed by atoms with van der Waals surface area (Å²) < 4.78 is 1.90. The van der Waals surface area contributed by atoms with Gasteiger partial charge in [-0.2, -0.15) is 0 Å². The molecule has 0 aliphatic heterocycles. The van der Waals surface area contributed by atoms with Crippen LogP contribution in [0.4, 0.5) is 5.69 Å². The lowest BCUT2D eigenvalue weighted by atomic mass is 10.3. The molecule has 0 spiro atoms. The molecule has 0 aliphatic carbocycles. The third kappa shape index (κ3) is 2.32. The van der Waals surface area contributed by atoms with Gasteiger partial charge in [0, 0.05) is 4.47 Å². The van der Waals surface area contributed by atoms with Crippen molar-refractivity contribution in [3.8, 4) is 0 Å². The molecule has 0 amide bonds. The Morgan fingerprint density at radius 1 is 1.42 bits per heavy atom. The van der Waals surface area contributed by atoms with Crippen molar-refractivity contribution in [3.63, 3.8) is 0 Å². The molecule has 0 saturated carbocycles. The van der Waals surface area contributed by atoms with Crippen molar-refractivity contribution < 1.29 is 0 Å². The summed E-state index contributed by atoms with van der Waals surface area (Å²) in [4.78, 5) is 4.14. The predicted molar refractivity (Wildman–Crippen MR) is 58.8 cm³/mol. The van der Waals surface area contributed by atoms with Gasteiger partial charge in [-0.15, -0.1) is 0 Å². The zero-order valence-corrected chi connectivity index (χ0v) is 9.68. The molecule has 2 N–H and O–H groups in total. The molecule has 0 aliphatic rings. The first-order valence-corrected chi connectivity index (χ1v) is 4.94. The fourth-order valence-electron chi connectivity index (χ4n) is 0.769. The Balaban J connectivity index is 3.17. The Kier molecular flexibility index (Phi) is 3.29. The highest BCUT2D eigenvalue weighted by atomic mass is 79.9. The maximum absolute atomic E-state index is 5.46. The van der Waals surface area contributed by atoms with Crippen LogP contribution in [0.2, 0.25) is 0 Å². The van der Waals surface area contributed by atoms with Gasteiger partial charge >= 0.3 is 0 Å². The number of benzene rings is 1. The number of hydrogen-bond acceptors (Lipinski definition) is 1. The number of nitrogens with zero attached hydrogens (tertiary/aromatic N) is 1. The number of nitrogens with two attached hydrogens (primary N) is 1. The van der Waals surface area contributed by atoms with E-state index >= 15 is 0 Å². The average Bonchev–Trinajstić information content (AvgIpc) is 1.98. The minimum Gasteiger partial charge on any atom is -0.387 e. The molecule has 0 bridgehead atoms. The molecule has 1 rings (SSSR count). The van der Waals surface area contributed by atoms with E-state index in [-0.39, 0.29) is 0 Å². The fourth-order valence-corrected chi connectivity index (χ4v) is 1.48. The first kappa shape index (κ1) is 9.74. The highest BCUT2D eigenvalue weighted by Crippen LogP contribution is 2.32. The Bertz CT molecular complexity index is 317. The second kappa shape index (κ2) is 4.05. The average molecular weight is 292 g/mol. The van der Waals surface area contributed by atoms with Crippen LogP contribution in [0.25, 0.3) is 0 Å². The molecular weight excluding hydrogens is 284 g/mol. The zero-order chi connectivity index (χ0) is 9.14. The monoisotopic (exact) mass is 290 g/mol. The number of hydrogen-bond donors (Lipinski definition) is 1. The number of rotatable bonds is 1. The van der Waals surface area contributed by atoms with E-state index in [4.69, 9.17) is 5.73 Å². The summed E-state index contributed by atoms with van der Waals surface area (Å²) in [5.41, 5.74) is 6.29. The van der Waals surface area contributed by atoms with Crippen LogP contribution >= 0.6 is 31.9 Å². The standard InChI is InChI=1S/C8H8Br2N2/c1-5(11)12-7-4-2-3-6(9)8(7)10/h2-4H,1H3,(H2,11,12). The first-order valence-electron chi connectivity index (χ1n) is 3.36. The van der Waals surface area contributed by atoms with E-state index in [2.05, 4.69) is 36.9 Å². The molecular formula is C8H8Br2N2.